The molecule has 2 aromatic heterocycles. The number of hydrogen-bond donors (Lipinski definition) is 2. The molecule has 0 bridgehead atoms. The molecule has 18 heavy (non-hydrogen) atoms. The maximum atomic E-state index is 11.8. The zero-order valence-electron chi connectivity index (χ0n) is 10.8. The van der Waals surface area contributed by atoms with Crippen LogP contribution < -0.4 is 5.32 Å². The minimum atomic E-state index is -0.00556. The van der Waals surface area contributed by atoms with E-state index in [1.165, 1.54) is 0 Å². The third-order valence-electron chi connectivity index (χ3n) is 2.90. The number of nitrogens with zero attached hydrogens (tertiary/aromatic N) is 1. The maximum Gasteiger partial charge on any atom is 0.224 e. The third-order valence-corrected chi connectivity index (χ3v) is 2.90. The van der Waals surface area contributed by atoms with Crippen LogP contribution in [-0.4, -0.2) is 16.0 Å². The second kappa shape index (κ2) is 5.08. The second-order valence-corrected chi connectivity index (χ2v) is 4.45. The summed E-state index contributed by atoms with van der Waals surface area (Å²) < 4.78 is 5.04. The molecule has 0 aliphatic rings. The van der Waals surface area contributed by atoms with Gasteiger partial charge in [0.15, 0.2) is 0 Å². The Labute approximate surface area is 106 Å². The normalized spacial score (nSPS) is 10.6. The van der Waals surface area contributed by atoms with E-state index in [1.807, 2.05) is 33.0 Å². The van der Waals surface area contributed by atoms with Gasteiger partial charge in [-0.05, 0) is 32.4 Å². The van der Waals surface area contributed by atoms with E-state index in [-0.39, 0.29) is 5.91 Å². The first-order valence-corrected chi connectivity index (χ1v) is 5.88. The van der Waals surface area contributed by atoms with E-state index >= 15 is 0 Å². The highest BCUT2D eigenvalue weighted by Crippen LogP contribution is 2.11. The van der Waals surface area contributed by atoms with Crippen LogP contribution in [-0.2, 0) is 17.8 Å². The van der Waals surface area contributed by atoms with Crippen molar-refractivity contribution >= 4 is 5.91 Å². The molecule has 0 radical (unpaired) electrons. The molecule has 2 heterocycles. The van der Waals surface area contributed by atoms with E-state index in [9.17, 15) is 4.79 Å². The average molecular weight is 247 g/mol. The van der Waals surface area contributed by atoms with Crippen LogP contribution in [0, 0.1) is 20.8 Å². The Bertz CT molecular complexity index is 535. The van der Waals surface area contributed by atoms with Gasteiger partial charge in [-0.15, -0.1) is 0 Å². The summed E-state index contributed by atoms with van der Waals surface area (Å²) in [5.74, 6) is 0.749. The molecular weight excluding hydrogens is 230 g/mol. The Kier molecular flexibility index (Phi) is 3.50. The SMILES string of the molecule is Cc1cc(CC(=O)NCc2c(C)noc2C)c[nH]1. The highest BCUT2D eigenvalue weighted by molar-refractivity contribution is 5.78. The van der Waals surface area contributed by atoms with Gasteiger partial charge in [0.25, 0.3) is 0 Å². The lowest BCUT2D eigenvalue weighted by molar-refractivity contribution is -0.120. The first-order chi connectivity index (χ1) is 8.56. The molecule has 0 fully saturated rings. The molecule has 0 unspecified atom stereocenters. The fourth-order valence-corrected chi connectivity index (χ4v) is 1.86. The van der Waals surface area contributed by atoms with Crippen molar-refractivity contribution in [3.05, 3.63) is 40.5 Å². The summed E-state index contributed by atoms with van der Waals surface area (Å²) in [6, 6.07) is 1.97. The number of aryl methyl sites for hydroxylation is 3. The molecule has 0 aromatic carbocycles. The Morgan fingerprint density at radius 1 is 1.44 bits per heavy atom. The van der Waals surface area contributed by atoms with Crippen LogP contribution in [0.3, 0.4) is 0 Å². The number of hydrogen-bond acceptors (Lipinski definition) is 3. The van der Waals surface area contributed by atoms with Crippen molar-refractivity contribution in [2.24, 2.45) is 0 Å². The van der Waals surface area contributed by atoms with Gasteiger partial charge < -0.3 is 14.8 Å². The van der Waals surface area contributed by atoms with Crippen LogP contribution in [0.4, 0.5) is 0 Å². The summed E-state index contributed by atoms with van der Waals surface area (Å²) in [4.78, 5) is 14.8. The zero-order valence-corrected chi connectivity index (χ0v) is 10.8. The molecule has 0 spiro atoms. The van der Waals surface area contributed by atoms with Gasteiger partial charge in [0, 0.05) is 24.0 Å². The highest BCUT2D eigenvalue weighted by atomic mass is 16.5. The minimum absolute atomic E-state index is 0.00556. The molecular formula is C13H17N3O2. The van der Waals surface area contributed by atoms with E-state index in [0.29, 0.717) is 13.0 Å². The predicted molar refractivity (Wildman–Crippen MR) is 67.1 cm³/mol. The van der Waals surface area contributed by atoms with E-state index in [0.717, 1.165) is 28.3 Å². The van der Waals surface area contributed by atoms with E-state index in [2.05, 4.69) is 15.5 Å². The van der Waals surface area contributed by atoms with Crippen LogP contribution in [0.25, 0.3) is 0 Å². The molecule has 0 atom stereocenters. The van der Waals surface area contributed by atoms with Gasteiger partial charge in [-0.2, -0.15) is 0 Å². The Balaban J connectivity index is 1.89. The molecule has 1 amide bonds. The Hall–Kier alpha value is -2.04. The predicted octanol–water partition coefficient (Wildman–Crippen LogP) is 1.79. The van der Waals surface area contributed by atoms with Gasteiger partial charge in [-0.25, -0.2) is 0 Å². The monoisotopic (exact) mass is 247 g/mol. The largest absolute Gasteiger partial charge is 0.365 e. The summed E-state index contributed by atoms with van der Waals surface area (Å²) >= 11 is 0. The van der Waals surface area contributed by atoms with Crippen LogP contribution >= 0.6 is 0 Å². The fraction of sp³-hybridized carbons (Fsp3) is 0.385. The summed E-state index contributed by atoms with van der Waals surface area (Å²) in [6.45, 7) is 6.14. The minimum Gasteiger partial charge on any atom is -0.365 e. The zero-order chi connectivity index (χ0) is 13.1. The summed E-state index contributed by atoms with van der Waals surface area (Å²) in [7, 11) is 0. The number of aromatic nitrogens is 2. The van der Waals surface area contributed by atoms with Crippen LogP contribution in [0.15, 0.2) is 16.8 Å². The first-order valence-electron chi connectivity index (χ1n) is 5.88. The van der Waals surface area contributed by atoms with E-state index < -0.39 is 0 Å². The van der Waals surface area contributed by atoms with Gasteiger partial charge >= 0.3 is 0 Å². The average Bonchev–Trinajstić information content (AvgIpc) is 2.84. The Morgan fingerprint density at radius 3 is 2.78 bits per heavy atom. The van der Waals surface area contributed by atoms with Crippen LogP contribution in [0.2, 0.25) is 0 Å². The highest BCUT2D eigenvalue weighted by Gasteiger charge is 2.10. The lowest BCUT2D eigenvalue weighted by Gasteiger charge is -2.03. The fourth-order valence-electron chi connectivity index (χ4n) is 1.86. The first kappa shape index (κ1) is 12.4. The van der Waals surface area contributed by atoms with Crippen molar-refractivity contribution in [2.45, 2.75) is 33.7 Å². The van der Waals surface area contributed by atoms with Crippen molar-refractivity contribution in [1.29, 1.82) is 0 Å². The van der Waals surface area contributed by atoms with Crippen molar-refractivity contribution in [3.8, 4) is 0 Å². The molecule has 0 saturated carbocycles. The smallest absolute Gasteiger partial charge is 0.224 e. The summed E-state index contributed by atoms with van der Waals surface area (Å²) in [6.07, 6.45) is 2.23. The van der Waals surface area contributed by atoms with Crippen molar-refractivity contribution in [2.75, 3.05) is 0 Å². The van der Waals surface area contributed by atoms with Crippen molar-refractivity contribution < 1.29 is 9.32 Å². The number of rotatable bonds is 4. The molecule has 2 N–H and O–H groups in total. The number of carbonyl (C=O) groups excluding carboxylic acids is 1. The van der Waals surface area contributed by atoms with Gasteiger partial charge in [-0.1, -0.05) is 5.16 Å². The van der Waals surface area contributed by atoms with E-state index in [4.69, 9.17) is 4.52 Å². The van der Waals surface area contributed by atoms with Crippen LogP contribution in [0.5, 0.6) is 0 Å². The van der Waals surface area contributed by atoms with Crippen molar-refractivity contribution in [1.82, 2.24) is 15.5 Å². The number of amides is 1. The lowest BCUT2D eigenvalue weighted by Crippen LogP contribution is -2.24. The Morgan fingerprint density at radius 2 is 2.22 bits per heavy atom. The molecule has 2 rings (SSSR count). The molecule has 0 saturated heterocycles. The van der Waals surface area contributed by atoms with E-state index in [1.54, 1.807) is 0 Å². The molecule has 0 aliphatic heterocycles. The lowest BCUT2D eigenvalue weighted by atomic mass is 10.2. The molecule has 96 valence electrons. The van der Waals surface area contributed by atoms with Crippen LogP contribution in [0.1, 0.15) is 28.3 Å². The second-order valence-electron chi connectivity index (χ2n) is 4.45. The van der Waals surface area contributed by atoms with Gasteiger partial charge in [0.05, 0.1) is 12.1 Å². The quantitative estimate of drug-likeness (QED) is 0.865. The molecule has 0 aliphatic carbocycles. The molecule has 5 nitrogen and oxygen atoms in total. The summed E-state index contributed by atoms with van der Waals surface area (Å²) in [5.41, 5.74) is 3.83. The number of aromatic amines is 1. The number of carbonyl (C=O) groups is 1. The standard InChI is InChI=1S/C13H17N3O2/c1-8-4-11(6-14-8)5-13(17)15-7-12-9(2)16-18-10(12)3/h4,6,14H,5,7H2,1-3H3,(H,15,17). The summed E-state index contributed by atoms with van der Waals surface area (Å²) in [5, 5.41) is 6.72. The topological polar surface area (TPSA) is 70.9 Å². The maximum absolute atomic E-state index is 11.8. The molecule has 2 aromatic rings. The van der Waals surface area contributed by atoms with Gasteiger partial charge in [0.1, 0.15) is 5.76 Å². The number of H-pyrrole nitrogens is 1. The van der Waals surface area contributed by atoms with Gasteiger partial charge in [-0.3, -0.25) is 4.79 Å². The van der Waals surface area contributed by atoms with Gasteiger partial charge in [0.2, 0.25) is 5.91 Å². The molecule has 5 heteroatoms. The third kappa shape index (κ3) is 2.80. The number of nitrogens with one attached hydrogen (secondary N) is 2. The van der Waals surface area contributed by atoms with Crippen molar-refractivity contribution in [3.63, 3.8) is 0 Å².